The van der Waals surface area contributed by atoms with E-state index in [1.165, 1.54) is 0 Å². The van der Waals surface area contributed by atoms with Crippen LogP contribution in [0.5, 0.6) is 0 Å². The van der Waals surface area contributed by atoms with E-state index in [1.807, 2.05) is 7.05 Å². The summed E-state index contributed by atoms with van der Waals surface area (Å²) in [4.78, 5) is 2.16. The van der Waals surface area contributed by atoms with Crippen LogP contribution in [0, 0.1) is 11.6 Å². The Morgan fingerprint density at radius 1 is 1.44 bits per heavy atom. The van der Waals surface area contributed by atoms with Gasteiger partial charge in [0.05, 0.1) is 17.6 Å². The van der Waals surface area contributed by atoms with Crippen LogP contribution in [-0.4, -0.2) is 43.5 Å². The molecule has 1 unspecified atom stereocenters. The van der Waals surface area contributed by atoms with E-state index in [9.17, 15) is 8.78 Å². The van der Waals surface area contributed by atoms with Crippen molar-refractivity contribution in [2.75, 3.05) is 38.2 Å². The highest BCUT2D eigenvalue weighted by Crippen LogP contribution is 2.28. The van der Waals surface area contributed by atoms with Crippen LogP contribution in [0.2, 0.25) is 0 Å². The van der Waals surface area contributed by atoms with Gasteiger partial charge in [-0.1, -0.05) is 0 Å². The van der Waals surface area contributed by atoms with Gasteiger partial charge >= 0.3 is 0 Å². The average Bonchev–Trinajstić information content (AvgIpc) is 2.27. The molecule has 6 heteroatoms. The van der Waals surface area contributed by atoms with Crippen LogP contribution >= 0.6 is 11.8 Å². The van der Waals surface area contributed by atoms with Gasteiger partial charge in [0.25, 0.3) is 0 Å². The van der Waals surface area contributed by atoms with Crippen molar-refractivity contribution in [3.8, 4) is 0 Å². The van der Waals surface area contributed by atoms with E-state index in [0.29, 0.717) is 12.4 Å². The number of nitrogens with two attached hydrogens (primary N) is 1. The third-order valence-electron chi connectivity index (χ3n) is 2.78. The molecule has 100 valence electrons. The number of benzene rings is 1. The van der Waals surface area contributed by atoms with E-state index < -0.39 is 11.6 Å². The highest BCUT2D eigenvalue weighted by molar-refractivity contribution is 7.99. The van der Waals surface area contributed by atoms with Crippen LogP contribution < -0.4 is 5.73 Å². The fraction of sp³-hybridized carbons (Fsp3) is 0.500. The minimum absolute atomic E-state index is 0.00473. The minimum atomic E-state index is -0.610. The topological polar surface area (TPSA) is 38.5 Å². The maximum absolute atomic E-state index is 13.6. The van der Waals surface area contributed by atoms with Crippen molar-refractivity contribution in [2.45, 2.75) is 11.0 Å². The molecule has 1 heterocycles. The molecule has 2 rings (SSSR count). The number of likely N-dealkylation sites (N-methyl/N-ethyl adjacent to an activating group) is 1. The Kier molecular flexibility index (Phi) is 4.42. The molecular formula is C12H16F2N2OS. The first-order valence-electron chi connectivity index (χ1n) is 5.73. The zero-order valence-corrected chi connectivity index (χ0v) is 11.0. The second-order valence-electron chi connectivity index (χ2n) is 4.38. The zero-order chi connectivity index (χ0) is 13.1. The Labute approximate surface area is 109 Å². The van der Waals surface area contributed by atoms with Crippen molar-refractivity contribution in [3.05, 3.63) is 23.8 Å². The summed E-state index contributed by atoms with van der Waals surface area (Å²) in [5, 5.41) is 0. The molecule has 18 heavy (non-hydrogen) atoms. The Balaban J connectivity index is 1.97. The normalized spacial score (nSPS) is 21.2. The summed E-state index contributed by atoms with van der Waals surface area (Å²) in [5.74, 6) is -0.689. The predicted octanol–water partition coefficient (Wildman–Crippen LogP) is 1.97. The summed E-state index contributed by atoms with van der Waals surface area (Å²) in [6.07, 6.45) is 0.00473. The number of hydrogen-bond acceptors (Lipinski definition) is 4. The average molecular weight is 274 g/mol. The van der Waals surface area contributed by atoms with Crippen LogP contribution in [0.1, 0.15) is 0 Å². The number of hydrogen-bond donors (Lipinski definition) is 1. The van der Waals surface area contributed by atoms with Gasteiger partial charge in [0.15, 0.2) is 0 Å². The van der Waals surface area contributed by atoms with Crippen LogP contribution in [0.25, 0.3) is 0 Å². The third-order valence-corrected chi connectivity index (χ3v) is 3.99. The van der Waals surface area contributed by atoms with Gasteiger partial charge in [0, 0.05) is 24.5 Å². The number of rotatable bonds is 3. The SMILES string of the molecule is CN1CCOC(CSc2c(F)cc(N)cc2F)C1. The first-order chi connectivity index (χ1) is 8.56. The summed E-state index contributed by atoms with van der Waals surface area (Å²) < 4.78 is 32.6. The molecule has 1 aliphatic heterocycles. The van der Waals surface area contributed by atoms with Gasteiger partial charge in [-0.05, 0) is 19.2 Å². The summed E-state index contributed by atoms with van der Waals surface area (Å²) in [6.45, 7) is 2.34. The number of morpholine rings is 1. The molecule has 2 N–H and O–H groups in total. The molecule has 0 amide bonds. The van der Waals surface area contributed by atoms with Crippen LogP contribution in [0.4, 0.5) is 14.5 Å². The molecule has 1 fully saturated rings. The van der Waals surface area contributed by atoms with E-state index in [4.69, 9.17) is 10.5 Å². The minimum Gasteiger partial charge on any atom is -0.399 e. The molecule has 1 aromatic carbocycles. The van der Waals surface area contributed by atoms with Gasteiger partial charge in [0.1, 0.15) is 11.6 Å². The Morgan fingerprint density at radius 2 is 2.11 bits per heavy atom. The van der Waals surface area contributed by atoms with Gasteiger partial charge in [0.2, 0.25) is 0 Å². The molecule has 0 saturated carbocycles. The number of thioether (sulfide) groups is 1. The zero-order valence-electron chi connectivity index (χ0n) is 10.2. The lowest BCUT2D eigenvalue weighted by atomic mass is 10.3. The summed E-state index contributed by atoms with van der Waals surface area (Å²) >= 11 is 1.13. The highest BCUT2D eigenvalue weighted by atomic mass is 32.2. The van der Waals surface area contributed by atoms with E-state index in [0.717, 1.165) is 37.0 Å². The standard InChI is InChI=1S/C12H16F2N2OS/c1-16-2-3-17-9(6-16)7-18-12-10(13)4-8(15)5-11(12)14/h4-5,9H,2-3,6-7,15H2,1H3. The van der Waals surface area contributed by atoms with E-state index >= 15 is 0 Å². The number of nitrogens with zero attached hydrogens (tertiary/aromatic N) is 1. The van der Waals surface area contributed by atoms with Crippen LogP contribution in [0.15, 0.2) is 17.0 Å². The van der Waals surface area contributed by atoms with Crippen molar-refractivity contribution < 1.29 is 13.5 Å². The molecular weight excluding hydrogens is 258 g/mol. The van der Waals surface area contributed by atoms with Gasteiger partial charge in [-0.25, -0.2) is 8.78 Å². The maximum Gasteiger partial charge on any atom is 0.141 e. The lowest BCUT2D eigenvalue weighted by Crippen LogP contribution is -2.41. The molecule has 1 aromatic rings. The Bertz CT molecular complexity index is 408. The van der Waals surface area contributed by atoms with Gasteiger partial charge in [-0.15, -0.1) is 11.8 Å². The molecule has 0 aliphatic carbocycles. The molecule has 1 aliphatic rings. The first-order valence-corrected chi connectivity index (χ1v) is 6.72. The van der Waals surface area contributed by atoms with Gasteiger partial charge in [-0.3, -0.25) is 0 Å². The molecule has 1 atom stereocenters. The number of ether oxygens (including phenoxy) is 1. The fourth-order valence-corrected chi connectivity index (χ4v) is 2.81. The highest BCUT2D eigenvalue weighted by Gasteiger charge is 2.19. The molecule has 3 nitrogen and oxygen atoms in total. The Hall–Kier alpha value is -0.850. The third kappa shape index (κ3) is 3.34. The van der Waals surface area contributed by atoms with Crippen LogP contribution in [0.3, 0.4) is 0 Å². The van der Waals surface area contributed by atoms with Crippen molar-refractivity contribution >= 4 is 17.4 Å². The van der Waals surface area contributed by atoms with E-state index in [1.54, 1.807) is 0 Å². The predicted molar refractivity (Wildman–Crippen MR) is 68.7 cm³/mol. The molecule has 0 aromatic heterocycles. The quantitative estimate of drug-likeness (QED) is 0.675. The maximum atomic E-state index is 13.6. The van der Waals surface area contributed by atoms with Crippen LogP contribution in [-0.2, 0) is 4.74 Å². The molecule has 0 spiro atoms. The number of nitrogen functional groups attached to an aromatic ring is 1. The smallest absolute Gasteiger partial charge is 0.141 e. The fourth-order valence-electron chi connectivity index (χ4n) is 1.86. The number of anilines is 1. The lowest BCUT2D eigenvalue weighted by molar-refractivity contribution is -0.00599. The van der Waals surface area contributed by atoms with E-state index in [2.05, 4.69) is 4.90 Å². The molecule has 0 bridgehead atoms. The van der Waals surface area contributed by atoms with Crippen molar-refractivity contribution in [2.24, 2.45) is 0 Å². The lowest BCUT2D eigenvalue weighted by Gasteiger charge is -2.29. The largest absolute Gasteiger partial charge is 0.399 e. The Morgan fingerprint density at radius 3 is 2.72 bits per heavy atom. The van der Waals surface area contributed by atoms with Crippen molar-refractivity contribution in [1.82, 2.24) is 4.90 Å². The van der Waals surface area contributed by atoms with E-state index in [-0.39, 0.29) is 16.7 Å². The molecule has 0 radical (unpaired) electrons. The second kappa shape index (κ2) is 5.86. The second-order valence-corrected chi connectivity index (χ2v) is 5.41. The molecule has 1 saturated heterocycles. The summed E-state index contributed by atoms with van der Waals surface area (Å²) in [6, 6.07) is 2.28. The summed E-state index contributed by atoms with van der Waals surface area (Å²) in [7, 11) is 2.00. The number of halogens is 2. The first kappa shape index (κ1) is 13.6. The van der Waals surface area contributed by atoms with Gasteiger partial charge in [-0.2, -0.15) is 0 Å². The van der Waals surface area contributed by atoms with Crippen molar-refractivity contribution in [3.63, 3.8) is 0 Å². The van der Waals surface area contributed by atoms with Crippen molar-refractivity contribution in [1.29, 1.82) is 0 Å². The monoisotopic (exact) mass is 274 g/mol. The summed E-state index contributed by atoms with van der Waals surface area (Å²) in [5.41, 5.74) is 5.46. The van der Waals surface area contributed by atoms with Gasteiger partial charge < -0.3 is 15.4 Å².